The Morgan fingerprint density at radius 2 is 1.50 bits per heavy atom. The van der Waals surface area contributed by atoms with Crippen LogP contribution in [0.3, 0.4) is 0 Å². The predicted molar refractivity (Wildman–Crippen MR) is 46.8 cm³/mol. The summed E-state index contributed by atoms with van der Waals surface area (Å²) in [7, 11) is 0. The molecule has 0 aliphatic rings. The Hall–Kier alpha value is -1.17. The van der Waals surface area contributed by atoms with Crippen molar-refractivity contribution in [1.82, 2.24) is 0 Å². The van der Waals surface area contributed by atoms with Gasteiger partial charge in [0, 0.05) is 11.1 Å². The number of hydrogen-bond acceptors (Lipinski definition) is 1. The van der Waals surface area contributed by atoms with Crippen molar-refractivity contribution in [2.45, 2.75) is 26.6 Å². The average molecular weight is 240 g/mol. The van der Waals surface area contributed by atoms with E-state index in [1.807, 2.05) is 0 Å². The van der Waals surface area contributed by atoms with Gasteiger partial charge in [0.1, 0.15) is 0 Å². The standard InChI is InChI=1S/C10H9F5O/c1-4-6(3-16)9(12)8(11)5(2)7(4)10(13,14)15/h16H,3H2,1-2H3. The third kappa shape index (κ3) is 1.89. The van der Waals surface area contributed by atoms with Crippen molar-refractivity contribution in [3.63, 3.8) is 0 Å². The van der Waals surface area contributed by atoms with Gasteiger partial charge in [-0.3, -0.25) is 0 Å². The lowest BCUT2D eigenvalue weighted by Crippen LogP contribution is -2.15. The van der Waals surface area contributed by atoms with E-state index in [0.29, 0.717) is 0 Å². The first-order valence-electron chi connectivity index (χ1n) is 4.36. The summed E-state index contributed by atoms with van der Waals surface area (Å²) in [5, 5.41) is 8.73. The third-order valence-corrected chi connectivity index (χ3v) is 2.43. The largest absolute Gasteiger partial charge is 0.417 e. The topological polar surface area (TPSA) is 20.2 Å². The van der Waals surface area contributed by atoms with Crippen LogP contribution >= 0.6 is 0 Å². The SMILES string of the molecule is Cc1c(F)c(F)c(CO)c(C)c1C(F)(F)F. The molecule has 0 radical (unpaired) electrons. The van der Waals surface area contributed by atoms with Gasteiger partial charge in [0.05, 0.1) is 12.2 Å². The summed E-state index contributed by atoms with van der Waals surface area (Å²) in [6, 6.07) is 0. The summed E-state index contributed by atoms with van der Waals surface area (Å²) in [6.45, 7) is 0.886. The predicted octanol–water partition coefficient (Wildman–Crippen LogP) is 3.09. The van der Waals surface area contributed by atoms with E-state index in [4.69, 9.17) is 5.11 Å². The van der Waals surface area contributed by atoms with Crippen LogP contribution in [0.5, 0.6) is 0 Å². The summed E-state index contributed by atoms with van der Waals surface area (Å²) in [4.78, 5) is 0. The lowest BCUT2D eigenvalue weighted by Gasteiger charge is -2.17. The second-order valence-electron chi connectivity index (χ2n) is 3.39. The first kappa shape index (κ1) is 12.9. The Kier molecular flexibility index (Phi) is 3.23. The summed E-state index contributed by atoms with van der Waals surface area (Å²) in [5.41, 5.74) is -3.16. The number of halogens is 5. The highest BCUT2D eigenvalue weighted by molar-refractivity contribution is 5.43. The second kappa shape index (κ2) is 4.01. The lowest BCUT2D eigenvalue weighted by molar-refractivity contribution is -0.138. The van der Waals surface area contributed by atoms with Gasteiger partial charge >= 0.3 is 6.18 Å². The van der Waals surface area contributed by atoms with E-state index in [9.17, 15) is 22.0 Å². The molecule has 1 aromatic rings. The van der Waals surface area contributed by atoms with Crippen molar-refractivity contribution in [3.05, 3.63) is 33.9 Å². The molecule has 1 aromatic carbocycles. The number of alkyl halides is 3. The summed E-state index contributed by atoms with van der Waals surface area (Å²) in [6.07, 6.45) is -4.77. The van der Waals surface area contributed by atoms with Gasteiger partial charge in [-0.25, -0.2) is 8.78 Å². The second-order valence-corrected chi connectivity index (χ2v) is 3.39. The van der Waals surface area contributed by atoms with Crippen molar-refractivity contribution >= 4 is 0 Å². The van der Waals surface area contributed by atoms with E-state index in [1.54, 1.807) is 0 Å². The zero-order valence-electron chi connectivity index (χ0n) is 8.54. The van der Waals surface area contributed by atoms with Crippen LogP contribution in [0, 0.1) is 25.5 Å². The van der Waals surface area contributed by atoms with Crippen molar-refractivity contribution in [1.29, 1.82) is 0 Å². The molecule has 1 rings (SSSR count). The van der Waals surface area contributed by atoms with Gasteiger partial charge in [-0.15, -0.1) is 0 Å². The molecule has 1 nitrogen and oxygen atoms in total. The number of rotatable bonds is 1. The Morgan fingerprint density at radius 1 is 1.00 bits per heavy atom. The van der Waals surface area contributed by atoms with E-state index >= 15 is 0 Å². The van der Waals surface area contributed by atoms with Gasteiger partial charge in [-0.1, -0.05) is 0 Å². The molecule has 0 heterocycles. The molecule has 0 atom stereocenters. The van der Waals surface area contributed by atoms with Gasteiger partial charge in [0.25, 0.3) is 0 Å². The number of aliphatic hydroxyl groups is 1. The van der Waals surface area contributed by atoms with Crippen LogP contribution in [0.2, 0.25) is 0 Å². The van der Waals surface area contributed by atoms with Gasteiger partial charge in [0.2, 0.25) is 0 Å². The van der Waals surface area contributed by atoms with Crippen LogP contribution in [0.25, 0.3) is 0 Å². The first-order valence-corrected chi connectivity index (χ1v) is 4.36. The normalized spacial score (nSPS) is 12.0. The van der Waals surface area contributed by atoms with E-state index < -0.39 is 46.7 Å². The van der Waals surface area contributed by atoms with E-state index in [2.05, 4.69) is 0 Å². The Labute approximate surface area is 88.5 Å². The third-order valence-electron chi connectivity index (χ3n) is 2.43. The summed E-state index contributed by atoms with van der Waals surface area (Å²) >= 11 is 0. The molecule has 1 N–H and O–H groups in total. The monoisotopic (exact) mass is 240 g/mol. The molecule has 0 amide bonds. The van der Waals surface area contributed by atoms with Crippen LogP contribution in [-0.2, 0) is 12.8 Å². The van der Waals surface area contributed by atoms with Crippen LogP contribution in [0.15, 0.2) is 0 Å². The fourth-order valence-corrected chi connectivity index (χ4v) is 1.62. The summed E-state index contributed by atoms with van der Waals surface area (Å²) < 4.78 is 64.1. The smallest absolute Gasteiger partial charge is 0.392 e. The van der Waals surface area contributed by atoms with Crippen LogP contribution < -0.4 is 0 Å². The highest BCUT2D eigenvalue weighted by atomic mass is 19.4. The molecule has 0 aliphatic carbocycles. The molecule has 0 aliphatic heterocycles. The molecule has 0 unspecified atom stereocenters. The fourth-order valence-electron chi connectivity index (χ4n) is 1.62. The lowest BCUT2D eigenvalue weighted by atomic mass is 9.96. The van der Waals surface area contributed by atoms with Crippen molar-refractivity contribution in [3.8, 4) is 0 Å². The fraction of sp³-hybridized carbons (Fsp3) is 0.400. The maximum absolute atomic E-state index is 13.2. The summed E-state index contributed by atoms with van der Waals surface area (Å²) in [5.74, 6) is -2.99. The molecule has 0 saturated heterocycles. The maximum atomic E-state index is 13.2. The van der Waals surface area contributed by atoms with Crippen molar-refractivity contribution < 1.29 is 27.1 Å². The number of aliphatic hydroxyl groups excluding tert-OH is 1. The Morgan fingerprint density at radius 3 is 1.88 bits per heavy atom. The molecule has 0 spiro atoms. The molecular formula is C10H9F5O. The van der Waals surface area contributed by atoms with Gasteiger partial charge in [0.15, 0.2) is 11.6 Å². The van der Waals surface area contributed by atoms with E-state index in [1.165, 1.54) is 0 Å². The minimum atomic E-state index is -4.77. The van der Waals surface area contributed by atoms with Crippen LogP contribution in [-0.4, -0.2) is 5.11 Å². The van der Waals surface area contributed by atoms with Gasteiger partial charge < -0.3 is 5.11 Å². The zero-order chi connectivity index (χ0) is 12.7. The highest BCUT2D eigenvalue weighted by Crippen LogP contribution is 2.37. The maximum Gasteiger partial charge on any atom is 0.417 e. The molecule has 90 valence electrons. The zero-order valence-corrected chi connectivity index (χ0v) is 8.54. The average Bonchev–Trinajstić information content (AvgIpc) is 2.13. The number of hydrogen-bond donors (Lipinski definition) is 1. The van der Waals surface area contributed by atoms with Crippen molar-refractivity contribution in [2.75, 3.05) is 0 Å². The molecular weight excluding hydrogens is 231 g/mol. The van der Waals surface area contributed by atoms with Crippen LogP contribution in [0.1, 0.15) is 22.3 Å². The molecule has 0 fully saturated rings. The molecule has 0 bridgehead atoms. The van der Waals surface area contributed by atoms with Crippen LogP contribution in [0.4, 0.5) is 22.0 Å². The Balaban J connectivity index is 3.69. The van der Waals surface area contributed by atoms with E-state index in [0.717, 1.165) is 13.8 Å². The molecule has 0 saturated carbocycles. The minimum absolute atomic E-state index is 0.480. The number of benzene rings is 1. The minimum Gasteiger partial charge on any atom is -0.392 e. The highest BCUT2D eigenvalue weighted by Gasteiger charge is 2.37. The van der Waals surface area contributed by atoms with Crippen molar-refractivity contribution in [2.24, 2.45) is 0 Å². The van der Waals surface area contributed by atoms with Gasteiger partial charge in [-0.05, 0) is 19.4 Å². The molecule has 0 aromatic heterocycles. The molecule has 6 heteroatoms. The molecule has 16 heavy (non-hydrogen) atoms. The van der Waals surface area contributed by atoms with E-state index in [-0.39, 0.29) is 0 Å². The first-order chi connectivity index (χ1) is 7.21. The Bertz CT molecular complexity index is 422. The van der Waals surface area contributed by atoms with Gasteiger partial charge in [-0.2, -0.15) is 13.2 Å². The quantitative estimate of drug-likeness (QED) is 0.748.